The summed E-state index contributed by atoms with van der Waals surface area (Å²) in [5, 5.41) is 0. The van der Waals surface area contributed by atoms with Gasteiger partial charge in [-0.15, -0.1) is 12.6 Å². The van der Waals surface area contributed by atoms with Crippen molar-refractivity contribution in [1.82, 2.24) is 0 Å². The van der Waals surface area contributed by atoms with Crippen LogP contribution in [0.1, 0.15) is 22.8 Å². The van der Waals surface area contributed by atoms with E-state index in [1.54, 1.807) is 13.2 Å². The zero-order valence-corrected chi connectivity index (χ0v) is 8.81. The molecule has 2 nitrogen and oxygen atoms in total. The maximum Gasteiger partial charge on any atom is 0.163 e. The largest absolute Gasteiger partial charge is 0.495 e. The van der Waals surface area contributed by atoms with Crippen LogP contribution in [0.25, 0.3) is 0 Å². The van der Waals surface area contributed by atoms with Crippen molar-refractivity contribution in [2.45, 2.75) is 18.7 Å². The second kappa shape index (κ2) is 3.83. The van der Waals surface area contributed by atoms with E-state index in [0.29, 0.717) is 11.3 Å². The summed E-state index contributed by atoms with van der Waals surface area (Å²) in [4.78, 5) is 11.9. The van der Waals surface area contributed by atoms with Gasteiger partial charge in [0, 0.05) is 4.90 Å². The maximum atomic E-state index is 11.2. The predicted molar refractivity (Wildman–Crippen MR) is 55.0 cm³/mol. The molecule has 3 heteroatoms. The molecule has 0 atom stereocenters. The molecule has 0 radical (unpaired) electrons. The van der Waals surface area contributed by atoms with E-state index < -0.39 is 0 Å². The first-order chi connectivity index (χ1) is 6.07. The van der Waals surface area contributed by atoms with Gasteiger partial charge < -0.3 is 4.74 Å². The minimum Gasteiger partial charge on any atom is -0.495 e. The number of ketones is 1. The Labute approximate surface area is 83.3 Å². The highest BCUT2D eigenvalue weighted by Crippen LogP contribution is 2.30. The molecule has 0 amide bonds. The van der Waals surface area contributed by atoms with E-state index in [9.17, 15) is 4.79 Å². The Morgan fingerprint density at radius 2 is 2.08 bits per heavy atom. The van der Waals surface area contributed by atoms with E-state index >= 15 is 0 Å². The third-order valence-electron chi connectivity index (χ3n) is 1.92. The lowest BCUT2D eigenvalue weighted by molar-refractivity contribution is 0.101. The number of benzene rings is 1. The SMILES string of the molecule is COc1c(C(C)=O)ccc(C)c1S. The smallest absolute Gasteiger partial charge is 0.163 e. The standard InChI is InChI=1S/C10H12O2S/c1-6-4-5-8(7(2)11)9(12-3)10(6)13/h4-5,13H,1-3H3. The summed E-state index contributed by atoms with van der Waals surface area (Å²) >= 11 is 4.28. The van der Waals surface area contributed by atoms with Gasteiger partial charge in [0.1, 0.15) is 5.75 Å². The molecule has 0 aromatic heterocycles. The Balaban J connectivity index is 3.38. The van der Waals surface area contributed by atoms with Crippen molar-refractivity contribution >= 4 is 18.4 Å². The summed E-state index contributed by atoms with van der Waals surface area (Å²) in [5.74, 6) is 0.558. The Hall–Kier alpha value is -0.960. The molecule has 70 valence electrons. The van der Waals surface area contributed by atoms with Gasteiger partial charge >= 0.3 is 0 Å². The molecule has 1 rings (SSSR count). The van der Waals surface area contributed by atoms with Crippen LogP contribution in [0.15, 0.2) is 17.0 Å². The minimum absolute atomic E-state index is 0.00727. The maximum absolute atomic E-state index is 11.2. The van der Waals surface area contributed by atoms with Gasteiger partial charge in [0.05, 0.1) is 12.7 Å². The fourth-order valence-corrected chi connectivity index (χ4v) is 1.44. The Morgan fingerprint density at radius 1 is 1.46 bits per heavy atom. The van der Waals surface area contributed by atoms with Gasteiger partial charge in [0.25, 0.3) is 0 Å². The average molecular weight is 196 g/mol. The van der Waals surface area contributed by atoms with Gasteiger partial charge in [-0.1, -0.05) is 6.07 Å². The van der Waals surface area contributed by atoms with Gasteiger partial charge in [-0.3, -0.25) is 4.79 Å². The Morgan fingerprint density at radius 3 is 2.54 bits per heavy atom. The second-order valence-corrected chi connectivity index (χ2v) is 3.32. The van der Waals surface area contributed by atoms with E-state index in [-0.39, 0.29) is 5.78 Å². The molecule has 0 aliphatic rings. The number of aryl methyl sites for hydroxylation is 1. The number of hydrogen-bond donors (Lipinski definition) is 1. The highest BCUT2D eigenvalue weighted by molar-refractivity contribution is 7.80. The summed E-state index contributed by atoms with van der Waals surface area (Å²) in [6, 6.07) is 3.62. The number of ether oxygens (including phenoxy) is 1. The first kappa shape index (κ1) is 10.1. The normalized spacial score (nSPS) is 9.85. The fraction of sp³-hybridized carbons (Fsp3) is 0.300. The molecule has 0 spiro atoms. The number of carbonyl (C=O) groups is 1. The molecular weight excluding hydrogens is 184 g/mol. The molecule has 0 saturated heterocycles. The molecule has 0 heterocycles. The van der Waals surface area contributed by atoms with E-state index in [0.717, 1.165) is 10.5 Å². The molecule has 0 N–H and O–H groups in total. The summed E-state index contributed by atoms with van der Waals surface area (Å²) in [5.41, 5.74) is 1.59. The minimum atomic E-state index is -0.00727. The monoisotopic (exact) mass is 196 g/mol. The van der Waals surface area contributed by atoms with E-state index in [4.69, 9.17) is 4.74 Å². The molecule has 0 aliphatic heterocycles. The van der Waals surface area contributed by atoms with Crippen LogP contribution in [-0.2, 0) is 0 Å². The predicted octanol–water partition coefficient (Wildman–Crippen LogP) is 2.49. The van der Waals surface area contributed by atoms with Crippen molar-refractivity contribution < 1.29 is 9.53 Å². The van der Waals surface area contributed by atoms with Gasteiger partial charge in [-0.05, 0) is 25.5 Å². The fourth-order valence-electron chi connectivity index (χ4n) is 1.15. The van der Waals surface area contributed by atoms with Crippen molar-refractivity contribution in [3.63, 3.8) is 0 Å². The molecule has 0 aliphatic carbocycles. The summed E-state index contributed by atoms with van der Waals surface area (Å²) in [7, 11) is 1.54. The molecule has 0 fully saturated rings. The van der Waals surface area contributed by atoms with Crippen LogP contribution in [0.3, 0.4) is 0 Å². The number of Topliss-reactive ketones (excluding diaryl/α,β-unsaturated/α-hetero) is 1. The highest BCUT2D eigenvalue weighted by Gasteiger charge is 2.11. The first-order valence-corrected chi connectivity index (χ1v) is 4.40. The van der Waals surface area contributed by atoms with Crippen LogP contribution in [0.4, 0.5) is 0 Å². The second-order valence-electron chi connectivity index (χ2n) is 2.87. The number of carbonyl (C=O) groups excluding carboxylic acids is 1. The summed E-state index contributed by atoms with van der Waals surface area (Å²) < 4.78 is 5.12. The molecule has 0 unspecified atom stereocenters. The van der Waals surface area contributed by atoms with Crippen LogP contribution in [0, 0.1) is 6.92 Å². The Kier molecular flexibility index (Phi) is 2.98. The summed E-state index contributed by atoms with van der Waals surface area (Å²) in [6.07, 6.45) is 0. The van der Waals surface area contributed by atoms with E-state index in [1.165, 1.54) is 6.92 Å². The number of rotatable bonds is 2. The van der Waals surface area contributed by atoms with Crippen LogP contribution in [-0.4, -0.2) is 12.9 Å². The van der Waals surface area contributed by atoms with Gasteiger partial charge in [0.2, 0.25) is 0 Å². The third-order valence-corrected chi connectivity index (χ3v) is 2.47. The van der Waals surface area contributed by atoms with Crippen molar-refractivity contribution in [3.05, 3.63) is 23.3 Å². The average Bonchev–Trinajstić information content (AvgIpc) is 2.09. The van der Waals surface area contributed by atoms with Crippen LogP contribution in [0.5, 0.6) is 5.75 Å². The molecule has 1 aromatic carbocycles. The highest BCUT2D eigenvalue weighted by atomic mass is 32.1. The van der Waals surface area contributed by atoms with Crippen molar-refractivity contribution in [2.24, 2.45) is 0 Å². The number of hydrogen-bond acceptors (Lipinski definition) is 3. The lowest BCUT2D eigenvalue weighted by atomic mass is 10.1. The molecule has 0 saturated carbocycles. The van der Waals surface area contributed by atoms with E-state index in [2.05, 4.69) is 12.6 Å². The topological polar surface area (TPSA) is 26.3 Å². The first-order valence-electron chi connectivity index (χ1n) is 3.95. The van der Waals surface area contributed by atoms with Gasteiger partial charge in [-0.25, -0.2) is 0 Å². The third kappa shape index (κ3) is 1.86. The number of thiol groups is 1. The summed E-state index contributed by atoms with van der Waals surface area (Å²) in [6.45, 7) is 3.44. The zero-order chi connectivity index (χ0) is 10.0. The zero-order valence-electron chi connectivity index (χ0n) is 7.92. The quantitative estimate of drug-likeness (QED) is 0.581. The van der Waals surface area contributed by atoms with Crippen LogP contribution >= 0.6 is 12.6 Å². The van der Waals surface area contributed by atoms with Crippen LogP contribution in [0.2, 0.25) is 0 Å². The molecule has 0 bridgehead atoms. The van der Waals surface area contributed by atoms with Gasteiger partial charge in [0.15, 0.2) is 5.78 Å². The lowest BCUT2D eigenvalue weighted by Gasteiger charge is -2.10. The molecule has 1 aromatic rings. The number of methoxy groups -OCH3 is 1. The van der Waals surface area contributed by atoms with E-state index in [1.807, 2.05) is 13.0 Å². The molecule has 13 heavy (non-hydrogen) atoms. The lowest BCUT2D eigenvalue weighted by Crippen LogP contribution is -1.99. The van der Waals surface area contributed by atoms with Crippen molar-refractivity contribution in [1.29, 1.82) is 0 Å². The van der Waals surface area contributed by atoms with Crippen LogP contribution < -0.4 is 4.74 Å². The Bertz CT molecular complexity index is 345. The van der Waals surface area contributed by atoms with Crippen molar-refractivity contribution in [2.75, 3.05) is 7.11 Å². The van der Waals surface area contributed by atoms with Crippen molar-refractivity contribution in [3.8, 4) is 5.75 Å². The molecular formula is C10H12O2S. The van der Waals surface area contributed by atoms with Gasteiger partial charge in [-0.2, -0.15) is 0 Å².